The van der Waals surface area contributed by atoms with Crippen LogP contribution in [0.2, 0.25) is 0 Å². The fourth-order valence-corrected chi connectivity index (χ4v) is 1.84. The van der Waals surface area contributed by atoms with Crippen LogP contribution in [0.1, 0.15) is 36.8 Å². The van der Waals surface area contributed by atoms with Crippen LogP contribution in [0.25, 0.3) is 0 Å². The Balaban J connectivity index is 2.01. The summed E-state index contributed by atoms with van der Waals surface area (Å²) in [5.74, 6) is -0.161. The van der Waals surface area contributed by atoms with Gasteiger partial charge in [-0.15, -0.1) is 0 Å². The van der Waals surface area contributed by atoms with Crippen molar-refractivity contribution < 1.29 is 4.79 Å². The highest BCUT2D eigenvalue weighted by Crippen LogP contribution is 2.14. The molecule has 2 rings (SSSR count). The summed E-state index contributed by atoms with van der Waals surface area (Å²) in [4.78, 5) is 20.4. The van der Waals surface area contributed by atoms with Gasteiger partial charge in [0.15, 0.2) is 0 Å². The van der Waals surface area contributed by atoms with Gasteiger partial charge in [-0.05, 0) is 39.0 Å². The van der Waals surface area contributed by atoms with Gasteiger partial charge in [0.25, 0.3) is 5.91 Å². The van der Waals surface area contributed by atoms with Crippen LogP contribution in [0.5, 0.6) is 0 Å². The molecule has 0 radical (unpaired) electrons. The van der Waals surface area contributed by atoms with Crippen LogP contribution < -0.4 is 10.6 Å². The van der Waals surface area contributed by atoms with Crippen LogP contribution in [0.15, 0.2) is 42.9 Å². The summed E-state index contributed by atoms with van der Waals surface area (Å²) in [6.07, 6.45) is 4.97. The van der Waals surface area contributed by atoms with E-state index in [4.69, 9.17) is 0 Å². The quantitative estimate of drug-likeness (QED) is 0.905. The van der Waals surface area contributed by atoms with Gasteiger partial charge in [-0.3, -0.25) is 14.8 Å². The molecule has 0 aliphatic carbocycles. The minimum atomic E-state index is -0.161. The molecule has 0 bridgehead atoms. The van der Waals surface area contributed by atoms with Crippen molar-refractivity contribution in [2.75, 3.05) is 5.32 Å². The lowest BCUT2D eigenvalue weighted by atomic mass is 10.1. The van der Waals surface area contributed by atoms with E-state index in [-0.39, 0.29) is 11.4 Å². The third-order valence-corrected chi connectivity index (χ3v) is 2.68. The summed E-state index contributed by atoms with van der Waals surface area (Å²) in [5, 5.41) is 6.13. The van der Waals surface area contributed by atoms with Crippen LogP contribution in [0.4, 0.5) is 5.69 Å². The Labute approximate surface area is 124 Å². The van der Waals surface area contributed by atoms with Gasteiger partial charge in [0.1, 0.15) is 0 Å². The lowest BCUT2D eigenvalue weighted by molar-refractivity contribution is 0.0950. The minimum Gasteiger partial charge on any atom is -0.379 e. The molecule has 5 heteroatoms. The topological polar surface area (TPSA) is 66.9 Å². The van der Waals surface area contributed by atoms with Gasteiger partial charge in [0, 0.05) is 24.1 Å². The highest BCUT2D eigenvalue weighted by molar-refractivity contribution is 5.94. The maximum atomic E-state index is 12.1. The second-order valence-electron chi connectivity index (χ2n) is 5.84. The van der Waals surface area contributed by atoms with Crippen LogP contribution in [-0.4, -0.2) is 21.4 Å². The second kappa shape index (κ2) is 6.35. The lowest BCUT2D eigenvalue weighted by Crippen LogP contribution is -2.27. The van der Waals surface area contributed by atoms with E-state index < -0.39 is 0 Å². The normalized spacial score (nSPS) is 11.0. The van der Waals surface area contributed by atoms with E-state index in [1.54, 1.807) is 24.7 Å². The first-order valence-corrected chi connectivity index (χ1v) is 6.85. The van der Waals surface area contributed by atoms with Crippen molar-refractivity contribution in [2.24, 2.45) is 0 Å². The molecule has 0 atom stereocenters. The summed E-state index contributed by atoms with van der Waals surface area (Å²) in [6, 6.07) is 7.41. The third-order valence-electron chi connectivity index (χ3n) is 2.68. The Morgan fingerprint density at radius 3 is 2.71 bits per heavy atom. The van der Waals surface area contributed by atoms with E-state index in [1.807, 2.05) is 18.2 Å². The smallest absolute Gasteiger partial charge is 0.253 e. The molecule has 0 aliphatic rings. The maximum Gasteiger partial charge on any atom is 0.253 e. The van der Waals surface area contributed by atoms with E-state index >= 15 is 0 Å². The van der Waals surface area contributed by atoms with Crippen molar-refractivity contribution in [2.45, 2.75) is 32.9 Å². The molecule has 2 aromatic rings. The van der Waals surface area contributed by atoms with Gasteiger partial charge in [-0.25, -0.2) is 0 Å². The second-order valence-corrected chi connectivity index (χ2v) is 5.84. The average Bonchev–Trinajstić information content (AvgIpc) is 2.44. The number of carbonyl (C=O) groups excluding carboxylic acids is 1. The van der Waals surface area contributed by atoms with Gasteiger partial charge < -0.3 is 10.6 Å². The first-order chi connectivity index (χ1) is 9.94. The average molecular weight is 284 g/mol. The number of hydrogen-bond donors (Lipinski definition) is 2. The monoisotopic (exact) mass is 284 g/mol. The van der Waals surface area contributed by atoms with E-state index in [9.17, 15) is 4.79 Å². The Kier molecular flexibility index (Phi) is 4.52. The molecular formula is C16H20N4O. The fraction of sp³-hybridized carbons (Fsp3) is 0.312. The van der Waals surface area contributed by atoms with Crippen LogP contribution in [0, 0.1) is 0 Å². The van der Waals surface area contributed by atoms with Crippen molar-refractivity contribution >= 4 is 11.6 Å². The van der Waals surface area contributed by atoms with Gasteiger partial charge in [0.05, 0.1) is 23.5 Å². The summed E-state index contributed by atoms with van der Waals surface area (Å²) < 4.78 is 0. The van der Waals surface area contributed by atoms with Crippen molar-refractivity contribution in [3.05, 3.63) is 54.1 Å². The number of nitrogens with zero attached hydrogens (tertiary/aromatic N) is 2. The molecule has 0 aliphatic heterocycles. The first-order valence-electron chi connectivity index (χ1n) is 6.85. The molecule has 5 nitrogen and oxygen atoms in total. The molecule has 0 fully saturated rings. The molecule has 110 valence electrons. The van der Waals surface area contributed by atoms with E-state index in [0.717, 1.165) is 11.4 Å². The zero-order valence-electron chi connectivity index (χ0n) is 12.6. The van der Waals surface area contributed by atoms with Gasteiger partial charge in [-0.1, -0.05) is 6.07 Å². The van der Waals surface area contributed by atoms with Crippen LogP contribution >= 0.6 is 0 Å². The number of carbonyl (C=O) groups is 1. The standard InChI is InChI=1S/C16H20N4O/c1-16(2,3)20-14-8-12(9-17-10-14)15(21)19-11-13-6-4-5-7-18-13/h4-10,20H,11H2,1-3H3,(H,19,21). The van der Waals surface area contributed by atoms with Crippen LogP contribution in [0.3, 0.4) is 0 Å². The van der Waals surface area contributed by atoms with Crippen molar-refractivity contribution in [1.29, 1.82) is 0 Å². The van der Waals surface area contributed by atoms with E-state index in [2.05, 4.69) is 41.4 Å². The number of hydrogen-bond acceptors (Lipinski definition) is 4. The molecule has 2 N–H and O–H groups in total. The van der Waals surface area contributed by atoms with E-state index in [1.165, 1.54) is 0 Å². The lowest BCUT2D eigenvalue weighted by Gasteiger charge is -2.22. The summed E-state index contributed by atoms with van der Waals surface area (Å²) in [7, 11) is 0. The molecule has 1 amide bonds. The molecular weight excluding hydrogens is 264 g/mol. The van der Waals surface area contributed by atoms with Gasteiger partial charge in [-0.2, -0.15) is 0 Å². The first kappa shape index (κ1) is 15.0. The molecule has 0 saturated heterocycles. The highest BCUT2D eigenvalue weighted by Gasteiger charge is 2.12. The predicted molar refractivity (Wildman–Crippen MR) is 83.0 cm³/mol. The Hall–Kier alpha value is -2.43. The van der Waals surface area contributed by atoms with Crippen LogP contribution in [-0.2, 0) is 6.54 Å². The van der Waals surface area contributed by atoms with Gasteiger partial charge >= 0.3 is 0 Å². The van der Waals surface area contributed by atoms with Crippen molar-refractivity contribution in [3.8, 4) is 0 Å². The summed E-state index contributed by atoms with van der Waals surface area (Å²) in [5.41, 5.74) is 2.10. The number of anilines is 1. The predicted octanol–water partition coefficient (Wildman–Crippen LogP) is 2.62. The maximum absolute atomic E-state index is 12.1. The molecule has 0 saturated carbocycles. The van der Waals surface area contributed by atoms with E-state index in [0.29, 0.717) is 12.1 Å². The zero-order valence-corrected chi connectivity index (χ0v) is 12.6. The molecule has 2 aromatic heterocycles. The number of pyridine rings is 2. The number of rotatable bonds is 4. The highest BCUT2D eigenvalue weighted by atomic mass is 16.1. The van der Waals surface area contributed by atoms with Crippen molar-refractivity contribution in [1.82, 2.24) is 15.3 Å². The minimum absolute atomic E-state index is 0.0786. The Bertz CT molecular complexity index is 605. The molecule has 0 unspecified atom stereocenters. The fourth-order valence-electron chi connectivity index (χ4n) is 1.84. The Morgan fingerprint density at radius 1 is 1.24 bits per heavy atom. The third kappa shape index (κ3) is 4.87. The largest absolute Gasteiger partial charge is 0.379 e. The number of aromatic nitrogens is 2. The molecule has 21 heavy (non-hydrogen) atoms. The Morgan fingerprint density at radius 2 is 2.05 bits per heavy atom. The summed E-state index contributed by atoms with van der Waals surface area (Å²) in [6.45, 7) is 6.57. The summed E-state index contributed by atoms with van der Waals surface area (Å²) >= 11 is 0. The molecule has 2 heterocycles. The number of nitrogens with one attached hydrogen (secondary N) is 2. The van der Waals surface area contributed by atoms with Gasteiger partial charge in [0.2, 0.25) is 0 Å². The SMILES string of the molecule is CC(C)(C)Nc1cncc(C(=O)NCc2ccccn2)c1. The number of amides is 1. The molecule has 0 aromatic carbocycles. The zero-order chi connectivity index (χ0) is 15.3. The molecule has 0 spiro atoms. The van der Waals surface area contributed by atoms with Crippen molar-refractivity contribution in [3.63, 3.8) is 0 Å².